The van der Waals surface area contributed by atoms with E-state index >= 15 is 0 Å². The summed E-state index contributed by atoms with van der Waals surface area (Å²) in [7, 11) is -4.84. The lowest BCUT2D eigenvalue weighted by molar-refractivity contribution is 0.810. The summed E-state index contributed by atoms with van der Waals surface area (Å²) in [6, 6.07) is 0. The molecule has 0 atom stereocenters. The van der Waals surface area contributed by atoms with Crippen molar-refractivity contribution < 1.29 is 0 Å². The molecule has 0 bridgehead atoms. The Kier molecular flexibility index (Phi) is 7.69. The zero-order valence-corrected chi connectivity index (χ0v) is 22.2. The molecule has 6 heteroatoms. The van der Waals surface area contributed by atoms with Crippen LogP contribution in [-0.4, -0.2) is 42.9 Å². The molecular weight excluding hydrogens is 345 g/mol. The van der Waals surface area contributed by atoms with E-state index in [9.17, 15) is 0 Å². The van der Waals surface area contributed by atoms with E-state index in [-0.39, 0.29) is 0 Å². The Morgan fingerprint density at radius 1 is 0.609 bits per heavy atom. The van der Waals surface area contributed by atoms with Crippen LogP contribution in [0.15, 0.2) is 11.9 Å². The highest BCUT2D eigenvalue weighted by atomic mass is 28.4. The van der Waals surface area contributed by atoms with E-state index in [1.54, 1.807) is 0 Å². The quantitative estimate of drug-likeness (QED) is 0.553. The van der Waals surface area contributed by atoms with Crippen molar-refractivity contribution in [2.75, 3.05) is 0 Å². The molecule has 0 aromatic carbocycles. The van der Waals surface area contributed by atoms with Crippen LogP contribution < -0.4 is 10.6 Å². The molecule has 0 aromatic heterocycles. The van der Waals surface area contributed by atoms with Crippen LogP contribution in [0.1, 0.15) is 6.92 Å². The van der Waals surface area contributed by atoms with Crippen LogP contribution in [0.2, 0.25) is 78.6 Å². The molecule has 0 unspecified atom stereocenters. The molecule has 0 saturated heterocycles. The lowest BCUT2D eigenvalue weighted by Crippen LogP contribution is -2.62. The summed E-state index contributed by atoms with van der Waals surface area (Å²) in [5.74, 6) is 0. The molecule has 0 spiro atoms. The molecule has 0 saturated carbocycles. The highest BCUT2D eigenvalue weighted by Crippen LogP contribution is 2.21. The second kappa shape index (κ2) is 7.62. The molecule has 0 aliphatic rings. The molecule has 138 valence electrons. The minimum absolute atomic E-state index is 0.712. The summed E-state index contributed by atoms with van der Waals surface area (Å²) < 4.78 is 0. The van der Waals surface area contributed by atoms with Crippen molar-refractivity contribution in [3.05, 3.63) is 11.9 Å². The van der Waals surface area contributed by atoms with Crippen molar-refractivity contribution in [2.45, 2.75) is 96.1 Å². The number of hydrogen-bond acceptors (Lipinski definition) is 2. The van der Waals surface area contributed by atoms with Crippen LogP contribution >= 0.6 is 0 Å². The Labute approximate surface area is 151 Å². The van der Waals surface area contributed by atoms with E-state index in [1.807, 2.05) is 0 Å². The predicted molar refractivity (Wildman–Crippen MR) is 121 cm³/mol. The van der Waals surface area contributed by atoms with E-state index in [0.29, 0.717) is 10.6 Å². The van der Waals surface area contributed by atoms with Gasteiger partial charge in [-0.1, -0.05) is 78.6 Å². The summed E-state index contributed by atoms with van der Waals surface area (Å²) >= 11 is 0. The van der Waals surface area contributed by atoms with Gasteiger partial charge in [-0.2, -0.15) is 0 Å². The summed E-state index contributed by atoms with van der Waals surface area (Å²) in [5.41, 5.74) is 1.32. The van der Waals surface area contributed by atoms with Gasteiger partial charge in [0.15, 0.2) is 0 Å². The summed E-state index contributed by atoms with van der Waals surface area (Å²) in [5, 5.41) is 9.17. The van der Waals surface area contributed by atoms with Crippen molar-refractivity contribution in [3.8, 4) is 0 Å². The van der Waals surface area contributed by atoms with Gasteiger partial charge in [0.2, 0.25) is 0 Å². The van der Waals surface area contributed by atoms with Gasteiger partial charge in [0, 0.05) is 22.5 Å². The largest absolute Gasteiger partial charge is 0.392 e. The molecule has 0 rings (SSSR count). The van der Waals surface area contributed by atoms with Gasteiger partial charge in [0.05, 0.1) is 32.3 Å². The summed E-state index contributed by atoms with van der Waals surface area (Å²) in [6.07, 6.45) is 2.29. The topological polar surface area (TPSA) is 24.1 Å². The molecule has 2 nitrogen and oxygen atoms in total. The monoisotopic (exact) mass is 388 g/mol. The van der Waals surface area contributed by atoms with Gasteiger partial charge in [-0.05, 0) is 6.92 Å². The Morgan fingerprint density at radius 2 is 0.913 bits per heavy atom. The minimum Gasteiger partial charge on any atom is -0.392 e. The number of rotatable bonds is 8. The lowest BCUT2D eigenvalue weighted by atomic mass is 10.5. The van der Waals surface area contributed by atoms with Crippen molar-refractivity contribution in [1.82, 2.24) is 10.6 Å². The SMILES string of the molecule is C/C(=C\NC([Si](C)(C)C)[Si](C)(C)C)NC([Si](C)(C)C)[Si](C)(C)C. The Morgan fingerprint density at radius 3 is 1.17 bits per heavy atom. The molecule has 0 amide bonds. The van der Waals surface area contributed by atoms with Crippen molar-refractivity contribution in [1.29, 1.82) is 0 Å². The third-order valence-electron chi connectivity index (χ3n) is 4.30. The highest BCUT2D eigenvalue weighted by molar-refractivity contribution is 6.97. The zero-order chi connectivity index (χ0) is 18.9. The maximum Gasteiger partial charge on any atom is 0.0663 e. The van der Waals surface area contributed by atoms with Gasteiger partial charge < -0.3 is 10.6 Å². The normalized spacial score (nSPS) is 15.3. The highest BCUT2D eigenvalue weighted by Gasteiger charge is 2.38. The Hall–Kier alpha value is 0.208. The molecule has 0 radical (unpaired) electrons. The van der Waals surface area contributed by atoms with E-state index < -0.39 is 32.3 Å². The van der Waals surface area contributed by atoms with Crippen LogP contribution in [0.4, 0.5) is 0 Å². The Balaban J connectivity index is 5.22. The maximum absolute atomic E-state index is 3.91. The summed E-state index contributed by atoms with van der Waals surface area (Å²) in [6.45, 7) is 32.2. The first-order valence-corrected chi connectivity index (χ1v) is 23.4. The van der Waals surface area contributed by atoms with E-state index in [4.69, 9.17) is 0 Å². The van der Waals surface area contributed by atoms with Gasteiger partial charge >= 0.3 is 0 Å². The lowest BCUT2D eigenvalue weighted by Gasteiger charge is -2.41. The van der Waals surface area contributed by atoms with Crippen LogP contribution in [0, 0.1) is 0 Å². The number of hydrogen-bond donors (Lipinski definition) is 2. The predicted octanol–water partition coefficient (Wildman–Crippen LogP) is 5.27. The Bertz CT molecular complexity index is 378. The van der Waals surface area contributed by atoms with Crippen molar-refractivity contribution in [3.63, 3.8) is 0 Å². The van der Waals surface area contributed by atoms with Gasteiger partial charge in [-0.3, -0.25) is 0 Å². The van der Waals surface area contributed by atoms with Gasteiger partial charge in [0.1, 0.15) is 0 Å². The second-order valence-electron chi connectivity index (χ2n) is 11.5. The van der Waals surface area contributed by atoms with Gasteiger partial charge in [0.25, 0.3) is 0 Å². The third kappa shape index (κ3) is 8.22. The fraction of sp³-hybridized carbons (Fsp3) is 0.882. The molecule has 23 heavy (non-hydrogen) atoms. The van der Waals surface area contributed by atoms with Crippen LogP contribution in [-0.2, 0) is 0 Å². The third-order valence-corrected chi connectivity index (χ3v) is 22.2. The molecule has 2 N–H and O–H groups in total. The molecule has 0 aliphatic carbocycles. The van der Waals surface area contributed by atoms with E-state index in [0.717, 1.165) is 0 Å². The van der Waals surface area contributed by atoms with Crippen LogP contribution in [0.5, 0.6) is 0 Å². The fourth-order valence-corrected chi connectivity index (χ4v) is 27.3. The smallest absolute Gasteiger partial charge is 0.0663 e. The summed E-state index contributed by atoms with van der Waals surface area (Å²) in [4.78, 5) is 0. The van der Waals surface area contributed by atoms with Gasteiger partial charge in [-0.15, -0.1) is 0 Å². The number of allylic oxidation sites excluding steroid dienone is 1. The molecule has 0 heterocycles. The van der Waals surface area contributed by atoms with E-state index in [1.165, 1.54) is 5.70 Å². The van der Waals surface area contributed by atoms with Crippen LogP contribution in [0.25, 0.3) is 0 Å². The molecular formula is C17H44N2Si4. The second-order valence-corrected chi connectivity index (χ2v) is 33.9. The first-order chi connectivity index (χ1) is 9.87. The number of nitrogens with one attached hydrogen (secondary N) is 2. The molecule has 0 aliphatic heterocycles. The van der Waals surface area contributed by atoms with Crippen LogP contribution in [0.3, 0.4) is 0 Å². The van der Waals surface area contributed by atoms with Crippen molar-refractivity contribution >= 4 is 32.3 Å². The molecule has 0 fully saturated rings. The average molecular weight is 389 g/mol. The van der Waals surface area contributed by atoms with Gasteiger partial charge in [-0.25, -0.2) is 0 Å². The van der Waals surface area contributed by atoms with Crippen molar-refractivity contribution in [2.24, 2.45) is 0 Å². The fourth-order valence-electron chi connectivity index (χ4n) is 4.01. The average Bonchev–Trinajstić information content (AvgIpc) is 2.18. The first-order valence-electron chi connectivity index (χ1n) is 9.06. The maximum atomic E-state index is 3.91. The standard InChI is InChI=1S/C17H44N2Si4/c1-15(19-17(22(8,9)10)23(11,12)13)14-18-16(20(2,3)4)21(5,6)7/h14,16-19H,1-13H3/b15-14+. The minimum atomic E-state index is -1.21. The van der Waals surface area contributed by atoms with E-state index in [2.05, 4.69) is 102 Å². The molecule has 0 aromatic rings. The first kappa shape index (κ1) is 23.2. The zero-order valence-electron chi connectivity index (χ0n) is 18.2.